The van der Waals surface area contributed by atoms with Gasteiger partial charge in [-0.15, -0.1) is 0 Å². The van der Waals surface area contributed by atoms with Crippen molar-refractivity contribution in [2.45, 2.75) is 44.0 Å². The molecule has 0 radical (unpaired) electrons. The van der Waals surface area contributed by atoms with Crippen LogP contribution in [0.3, 0.4) is 0 Å². The maximum absolute atomic E-state index is 13.3. The average molecular weight is 310 g/mol. The molecule has 2 unspecified atom stereocenters. The van der Waals surface area contributed by atoms with Crippen LogP contribution in [0.1, 0.15) is 38.7 Å². The van der Waals surface area contributed by atoms with Crippen molar-refractivity contribution in [3.63, 3.8) is 0 Å². The molecule has 1 aliphatic rings. The van der Waals surface area contributed by atoms with E-state index in [2.05, 4.69) is 18.6 Å². The van der Waals surface area contributed by atoms with Crippen molar-refractivity contribution in [3.8, 4) is 6.07 Å². The molecule has 0 spiro atoms. The molecule has 0 amide bonds. The third-order valence-corrected chi connectivity index (χ3v) is 5.39. The number of rotatable bonds is 3. The number of halogens is 1. The summed E-state index contributed by atoms with van der Waals surface area (Å²) in [5.74, 6) is 0.241. The lowest BCUT2D eigenvalue weighted by molar-refractivity contribution is 0.257. The molecular formula is C15H19FN2O2S. The van der Waals surface area contributed by atoms with Gasteiger partial charge in [-0.05, 0) is 49.3 Å². The molecule has 0 saturated heterocycles. The lowest BCUT2D eigenvalue weighted by Gasteiger charge is -2.31. The summed E-state index contributed by atoms with van der Waals surface area (Å²) in [6.45, 7) is 4.23. The Kier molecular flexibility index (Phi) is 4.64. The van der Waals surface area contributed by atoms with Gasteiger partial charge in [0.1, 0.15) is 11.9 Å². The smallest absolute Gasteiger partial charge is 0.208 e. The van der Waals surface area contributed by atoms with E-state index in [9.17, 15) is 12.8 Å². The van der Waals surface area contributed by atoms with Gasteiger partial charge in [0.05, 0.1) is 10.5 Å². The maximum Gasteiger partial charge on any atom is 0.240 e. The van der Waals surface area contributed by atoms with E-state index in [0.29, 0.717) is 11.8 Å². The average Bonchev–Trinajstić information content (AvgIpc) is 2.37. The van der Waals surface area contributed by atoms with Crippen LogP contribution in [-0.2, 0) is 10.0 Å². The molecule has 0 heterocycles. The van der Waals surface area contributed by atoms with Crippen LogP contribution in [0.5, 0.6) is 0 Å². The SMILES string of the molecule is CC1CC(C)CC(NS(=O)(=O)c2ccc(F)c(C#N)c2)C1. The molecule has 0 bridgehead atoms. The van der Waals surface area contributed by atoms with Crippen LogP contribution in [0.15, 0.2) is 23.1 Å². The zero-order valence-corrected chi connectivity index (χ0v) is 13.0. The van der Waals surface area contributed by atoms with Crippen molar-refractivity contribution in [1.29, 1.82) is 5.26 Å². The fourth-order valence-electron chi connectivity index (χ4n) is 3.09. The highest BCUT2D eigenvalue weighted by Gasteiger charge is 2.28. The maximum atomic E-state index is 13.3. The molecule has 21 heavy (non-hydrogen) atoms. The predicted molar refractivity (Wildman–Crippen MR) is 77.4 cm³/mol. The molecule has 0 aliphatic heterocycles. The second-order valence-electron chi connectivity index (χ2n) is 5.99. The zero-order valence-electron chi connectivity index (χ0n) is 12.1. The molecule has 1 aromatic carbocycles. The van der Waals surface area contributed by atoms with E-state index in [4.69, 9.17) is 5.26 Å². The summed E-state index contributed by atoms with van der Waals surface area (Å²) in [4.78, 5) is -0.0636. The van der Waals surface area contributed by atoms with E-state index in [-0.39, 0.29) is 16.5 Å². The van der Waals surface area contributed by atoms with E-state index in [1.165, 1.54) is 6.07 Å². The molecular weight excluding hydrogens is 291 g/mol. The van der Waals surface area contributed by atoms with E-state index < -0.39 is 15.8 Å². The highest BCUT2D eigenvalue weighted by molar-refractivity contribution is 7.89. The number of hydrogen-bond acceptors (Lipinski definition) is 3. The molecule has 1 aromatic rings. The predicted octanol–water partition coefficient (Wildman–Crippen LogP) is 2.80. The van der Waals surface area contributed by atoms with Crippen LogP contribution < -0.4 is 4.72 Å². The summed E-state index contributed by atoms with van der Waals surface area (Å²) in [5, 5.41) is 8.79. The lowest BCUT2D eigenvalue weighted by atomic mass is 9.81. The Hall–Kier alpha value is -1.45. The van der Waals surface area contributed by atoms with Gasteiger partial charge in [-0.2, -0.15) is 5.26 Å². The van der Waals surface area contributed by atoms with Crippen LogP contribution in [0, 0.1) is 29.0 Å². The van der Waals surface area contributed by atoms with Crippen LogP contribution >= 0.6 is 0 Å². The minimum Gasteiger partial charge on any atom is -0.208 e. The van der Waals surface area contributed by atoms with Crippen molar-refractivity contribution in [2.24, 2.45) is 11.8 Å². The molecule has 114 valence electrons. The van der Waals surface area contributed by atoms with Crippen molar-refractivity contribution in [1.82, 2.24) is 4.72 Å². The van der Waals surface area contributed by atoms with E-state index in [0.717, 1.165) is 31.4 Å². The molecule has 2 atom stereocenters. The second kappa shape index (κ2) is 6.12. The van der Waals surface area contributed by atoms with Gasteiger partial charge in [-0.3, -0.25) is 0 Å². The Morgan fingerprint density at radius 2 is 1.86 bits per heavy atom. The fraction of sp³-hybridized carbons (Fsp3) is 0.533. The van der Waals surface area contributed by atoms with Crippen molar-refractivity contribution < 1.29 is 12.8 Å². The highest BCUT2D eigenvalue weighted by atomic mass is 32.2. The normalized spacial score (nSPS) is 26.3. The third kappa shape index (κ3) is 3.80. The van der Waals surface area contributed by atoms with Gasteiger partial charge in [0.2, 0.25) is 10.0 Å². The Morgan fingerprint density at radius 1 is 1.24 bits per heavy atom. The lowest BCUT2D eigenvalue weighted by Crippen LogP contribution is -2.40. The number of nitrogens with one attached hydrogen (secondary N) is 1. The molecule has 1 aliphatic carbocycles. The Bertz CT molecular complexity index is 657. The quantitative estimate of drug-likeness (QED) is 0.933. The summed E-state index contributed by atoms with van der Waals surface area (Å²) in [6, 6.07) is 4.83. The number of nitriles is 1. The summed E-state index contributed by atoms with van der Waals surface area (Å²) in [7, 11) is -3.72. The zero-order chi connectivity index (χ0) is 15.6. The highest BCUT2D eigenvalue weighted by Crippen LogP contribution is 2.29. The van der Waals surface area contributed by atoms with Crippen LogP contribution in [0.2, 0.25) is 0 Å². The Morgan fingerprint density at radius 3 is 2.43 bits per heavy atom. The van der Waals surface area contributed by atoms with Gasteiger partial charge in [0.25, 0.3) is 0 Å². The van der Waals surface area contributed by atoms with Gasteiger partial charge in [0, 0.05) is 6.04 Å². The van der Waals surface area contributed by atoms with Gasteiger partial charge in [-0.1, -0.05) is 13.8 Å². The summed E-state index contributed by atoms with van der Waals surface area (Å²) in [6.07, 6.45) is 2.71. The first kappa shape index (κ1) is 15.9. The molecule has 1 N–H and O–H groups in total. The standard InChI is InChI=1S/C15H19FN2O2S/c1-10-5-11(2)7-13(6-10)18-21(19,20)14-3-4-15(16)12(8-14)9-17/h3-4,8,10-11,13,18H,5-7H2,1-2H3. The summed E-state index contributed by atoms with van der Waals surface area (Å²) >= 11 is 0. The molecule has 2 rings (SSSR count). The topological polar surface area (TPSA) is 70.0 Å². The summed E-state index contributed by atoms with van der Waals surface area (Å²) in [5.41, 5.74) is -0.261. The van der Waals surface area contributed by atoms with Gasteiger partial charge in [-0.25, -0.2) is 17.5 Å². The van der Waals surface area contributed by atoms with Crippen molar-refractivity contribution >= 4 is 10.0 Å². The van der Waals surface area contributed by atoms with E-state index in [1.54, 1.807) is 6.07 Å². The fourth-order valence-corrected chi connectivity index (χ4v) is 4.38. The van der Waals surface area contributed by atoms with Gasteiger partial charge >= 0.3 is 0 Å². The number of sulfonamides is 1. The van der Waals surface area contributed by atoms with Crippen LogP contribution in [0.4, 0.5) is 4.39 Å². The van der Waals surface area contributed by atoms with Crippen LogP contribution in [-0.4, -0.2) is 14.5 Å². The third-order valence-electron chi connectivity index (χ3n) is 3.87. The van der Waals surface area contributed by atoms with Gasteiger partial charge < -0.3 is 0 Å². The van der Waals surface area contributed by atoms with Crippen LogP contribution in [0.25, 0.3) is 0 Å². The minimum absolute atomic E-state index is 0.0636. The van der Waals surface area contributed by atoms with Crippen molar-refractivity contribution in [3.05, 3.63) is 29.6 Å². The largest absolute Gasteiger partial charge is 0.240 e. The number of hydrogen-bond donors (Lipinski definition) is 1. The first-order chi connectivity index (χ1) is 9.81. The number of benzene rings is 1. The first-order valence-electron chi connectivity index (χ1n) is 7.04. The first-order valence-corrected chi connectivity index (χ1v) is 8.52. The van der Waals surface area contributed by atoms with Crippen molar-refractivity contribution in [2.75, 3.05) is 0 Å². The van der Waals surface area contributed by atoms with Gasteiger partial charge in [0.15, 0.2) is 0 Å². The van der Waals surface area contributed by atoms with E-state index >= 15 is 0 Å². The Balaban J connectivity index is 2.21. The Labute approximate surface area is 125 Å². The van der Waals surface area contributed by atoms with E-state index in [1.807, 2.05) is 0 Å². The molecule has 6 heteroatoms. The molecule has 4 nitrogen and oxygen atoms in total. The second-order valence-corrected chi connectivity index (χ2v) is 7.70. The monoisotopic (exact) mass is 310 g/mol. The molecule has 1 saturated carbocycles. The summed E-state index contributed by atoms with van der Waals surface area (Å²) < 4.78 is 40.7. The minimum atomic E-state index is -3.72. The molecule has 0 aromatic heterocycles. The molecule has 1 fully saturated rings. The number of nitrogens with zero attached hydrogens (tertiary/aromatic N) is 1.